The molecule has 3 amide bonds. The SMILES string of the molecule is Cc1cc(NC(=O)CCC(=O)N(c2ccc(Cl)cc2)C(C(=O)NC(C)(C)C)c2ccccc2Cl)no1. The second-order valence-electron chi connectivity index (χ2n) is 9.27. The van der Waals surface area contributed by atoms with Gasteiger partial charge in [0.15, 0.2) is 5.82 Å². The van der Waals surface area contributed by atoms with Gasteiger partial charge in [0, 0.05) is 45.7 Å². The molecular formula is C26H28Cl2N4O4. The molecule has 0 saturated carbocycles. The summed E-state index contributed by atoms with van der Waals surface area (Å²) in [6.45, 7) is 7.24. The molecule has 0 aliphatic carbocycles. The number of aromatic nitrogens is 1. The molecule has 0 fully saturated rings. The van der Waals surface area contributed by atoms with Crippen LogP contribution in [-0.4, -0.2) is 28.4 Å². The zero-order valence-corrected chi connectivity index (χ0v) is 22.0. The molecule has 1 heterocycles. The van der Waals surface area contributed by atoms with E-state index < -0.39 is 29.3 Å². The van der Waals surface area contributed by atoms with E-state index in [4.69, 9.17) is 27.7 Å². The van der Waals surface area contributed by atoms with Crippen molar-refractivity contribution in [1.82, 2.24) is 10.5 Å². The highest BCUT2D eigenvalue weighted by atomic mass is 35.5. The third-order valence-electron chi connectivity index (χ3n) is 5.04. The minimum absolute atomic E-state index is 0.134. The maximum absolute atomic E-state index is 13.6. The molecule has 2 aromatic carbocycles. The van der Waals surface area contributed by atoms with Gasteiger partial charge in [-0.15, -0.1) is 0 Å². The number of carbonyl (C=O) groups is 3. The van der Waals surface area contributed by atoms with E-state index in [0.29, 0.717) is 27.1 Å². The smallest absolute Gasteiger partial charge is 0.248 e. The van der Waals surface area contributed by atoms with Crippen LogP contribution in [0.5, 0.6) is 0 Å². The van der Waals surface area contributed by atoms with E-state index in [1.807, 2.05) is 20.8 Å². The summed E-state index contributed by atoms with van der Waals surface area (Å²) in [4.78, 5) is 41.1. The Morgan fingerprint density at radius 1 is 1.03 bits per heavy atom. The van der Waals surface area contributed by atoms with Gasteiger partial charge in [-0.1, -0.05) is 46.6 Å². The molecule has 3 aromatic rings. The molecule has 8 nitrogen and oxygen atoms in total. The number of benzene rings is 2. The minimum Gasteiger partial charge on any atom is -0.360 e. The molecule has 1 unspecified atom stereocenters. The van der Waals surface area contributed by atoms with Crippen molar-refractivity contribution in [2.45, 2.75) is 52.1 Å². The Balaban J connectivity index is 1.96. The number of nitrogens with one attached hydrogen (secondary N) is 2. The van der Waals surface area contributed by atoms with Crippen molar-refractivity contribution in [2.75, 3.05) is 10.2 Å². The number of hydrogen-bond acceptors (Lipinski definition) is 5. The Labute approximate surface area is 219 Å². The number of amides is 3. The van der Waals surface area contributed by atoms with Crippen molar-refractivity contribution in [3.8, 4) is 0 Å². The normalized spacial score (nSPS) is 12.1. The summed E-state index contributed by atoms with van der Waals surface area (Å²) in [5, 5.41) is 10.1. The lowest BCUT2D eigenvalue weighted by Crippen LogP contribution is -2.49. The van der Waals surface area contributed by atoms with Gasteiger partial charge in [0.05, 0.1) is 0 Å². The van der Waals surface area contributed by atoms with Gasteiger partial charge in [-0.3, -0.25) is 19.3 Å². The van der Waals surface area contributed by atoms with Crippen LogP contribution in [0.1, 0.15) is 51.0 Å². The van der Waals surface area contributed by atoms with E-state index in [9.17, 15) is 14.4 Å². The predicted molar refractivity (Wildman–Crippen MR) is 140 cm³/mol. The van der Waals surface area contributed by atoms with Crippen molar-refractivity contribution in [2.24, 2.45) is 0 Å². The zero-order chi connectivity index (χ0) is 26.5. The van der Waals surface area contributed by atoms with Gasteiger partial charge in [-0.25, -0.2) is 0 Å². The van der Waals surface area contributed by atoms with Crippen molar-refractivity contribution in [3.05, 3.63) is 76.0 Å². The van der Waals surface area contributed by atoms with E-state index in [2.05, 4.69) is 15.8 Å². The van der Waals surface area contributed by atoms with E-state index in [-0.39, 0.29) is 18.7 Å². The quantitative estimate of drug-likeness (QED) is 0.388. The molecule has 0 saturated heterocycles. The summed E-state index contributed by atoms with van der Waals surface area (Å²) >= 11 is 12.6. The number of rotatable bonds is 8. The second-order valence-corrected chi connectivity index (χ2v) is 10.1. The summed E-state index contributed by atoms with van der Waals surface area (Å²) < 4.78 is 4.95. The molecule has 0 spiro atoms. The lowest BCUT2D eigenvalue weighted by molar-refractivity contribution is -0.128. The number of halogens is 2. The Bertz CT molecular complexity index is 1240. The van der Waals surface area contributed by atoms with Crippen LogP contribution < -0.4 is 15.5 Å². The molecule has 36 heavy (non-hydrogen) atoms. The van der Waals surface area contributed by atoms with Gasteiger partial charge in [-0.05, 0) is 58.0 Å². The number of nitrogens with zero attached hydrogens (tertiary/aromatic N) is 2. The van der Waals surface area contributed by atoms with E-state index in [1.165, 1.54) is 4.90 Å². The molecule has 0 radical (unpaired) electrons. The highest BCUT2D eigenvalue weighted by molar-refractivity contribution is 6.32. The molecule has 0 aliphatic rings. The molecule has 10 heteroatoms. The lowest BCUT2D eigenvalue weighted by Gasteiger charge is -2.34. The lowest BCUT2D eigenvalue weighted by atomic mass is 10.00. The topological polar surface area (TPSA) is 105 Å². The van der Waals surface area contributed by atoms with E-state index in [1.54, 1.807) is 61.5 Å². The predicted octanol–water partition coefficient (Wildman–Crippen LogP) is 5.70. The van der Waals surface area contributed by atoms with Gasteiger partial charge in [-0.2, -0.15) is 0 Å². The largest absolute Gasteiger partial charge is 0.360 e. The minimum atomic E-state index is -1.09. The fourth-order valence-corrected chi connectivity index (χ4v) is 3.91. The number of hydrogen-bond donors (Lipinski definition) is 2. The summed E-state index contributed by atoms with van der Waals surface area (Å²) in [6, 6.07) is 13.9. The Hall–Kier alpha value is -3.36. The van der Waals surface area contributed by atoms with E-state index >= 15 is 0 Å². The van der Waals surface area contributed by atoms with Gasteiger partial charge >= 0.3 is 0 Å². The number of anilines is 2. The van der Waals surface area contributed by atoms with Crippen LogP contribution in [-0.2, 0) is 14.4 Å². The molecule has 1 aromatic heterocycles. The monoisotopic (exact) mass is 530 g/mol. The van der Waals surface area contributed by atoms with E-state index in [0.717, 1.165) is 0 Å². The van der Waals surface area contributed by atoms with Gasteiger partial charge in [0.1, 0.15) is 11.8 Å². The Kier molecular flexibility index (Phi) is 8.76. The summed E-state index contributed by atoms with van der Waals surface area (Å²) in [5.74, 6) is -0.471. The Morgan fingerprint density at radius 2 is 1.69 bits per heavy atom. The van der Waals surface area contributed by atoms with Crippen LogP contribution in [0.15, 0.2) is 59.1 Å². The van der Waals surface area contributed by atoms with Crippen LogP contribution in [0.4, 0.5) is 11.5 Å². The van der Waals surface area contributed by atoms with Crippen LogP contribution in [0.3, 0.4) is 0 Å². The third kappa shape index (κ3) is 7.32. The van der Waals surface area contributed by atoms with Crippen LogP contribution in [0, 0.1) is 6.92 Å². The van der Waals surface area contributed by atoms with Crippen molar-refractivity contribution in [3.63, 3.8) is 0 Å². The first-order chi connectivity index (χ1) is 16.9. The Morgan fingerprint density at radius 3 is 2.28 bits per heavy atom. The molecule has 1 atom stereocenters. The fourth-order valence-electron chi connectivity index (χ4n) is 3.54. The van der Waals surface area contributed by atoms with Crippen LogP contribution in [0.2, 0.25) is 10.0 Å². The summed E-state index contributed by atoms with van der Waals surface area (Å²) in [7, 11) is 0. The number of aryl methyl sites for hydroxylation is 1. The molecule has 0 aliphatic heterocycles. The second kappa shape index (κ2) is 11.6. The first kappa shape index (κ1) is 27.2. The van der Waals surface area contributed by atoms with Crippen molar-refractivity contribution in [1.29, 1.82) is 0 Å². The molecule has 190 valence electrons. The average Bonchev–Trinajstić information content (AvgIpc) is 3.20. The van der Waals surface area contributed by atoms with Gasteiger partial charge < -0.3 is 15.2 Å². The summed E-state index contributed by atoms with van der Waals surface area (Å²) in [5.41, 5.74) is 0.318. The highest BCUT2D eigenvalue weighted by Gasteiger charge is 2.35. The van der Waals surface area contributed by atoms with Crippen molar-refractivity contribution < 1.29 is 18.9 Å². The molecular weight excluding hydrogens is 503 g/mol. The first-order valence-electron chi connectivity index (χ1n) is 11.3. The molecule has 2 N–H and O–H groups in total. The van der Waals surface area contributed by atoms with Gasteiger partial charge in [0.25, 0.3) is 0 Å². The first-order valence-corrected chi connectivity index (χ1v) is 12.1. The standard InChI is InChI=1S/C26H28Cl2N4O4/c1-16-15-21(31-36-16)29-22(33)13-14-23(34)32(18-11-9-17(27)10-12-18)24(25(35)30-26(2,3)4)19-7-5-6-8-20(19)28/h5-12,15,24H,13-14H2,1-4H3,(H,30,35)(H,29,31,33). The zero-order valence-electron chi connectivity index (χ0n) is 20.5. The maximum Gasteiger partial charge on any atom is 0.248 e. The molecule has 0 bridgehead atoms. The average molecular weight is 531 g/mol. The van der Waals surface area contributed by atoms with Crippen LogP contribution in [0.25, 0.3) is 0 Å². The maximum atomic E-state index is 13.6. The molecule has 3 rings (SSSR count). The number of carbonyl (C=O) groups excluding carboxylic acids is 3. The van der Waals surface area contributed by atoms with Crippen LogP contribution >= 0.6 is 23.2 Å². The summed E-state index contributed by atoms with van der Waals surface area (Å²) in [6.07, 6.45) is -0.306. The third-order valence-corrected chi connectivity index (χ3v) is 5.64. The highest BCUT2D eigenvalue weighted by Crippen LogP contribution is 2.34. The fraction of sp³-hybridized carbons (Fsp3) is 0.308. The van der Waals surface area contributed by atoms with Gasteiger partial charge in [0.2, 0.25) is 17.7 Å². The van der Waals surface area contributed by atoms with Crippen molar-refractivity contribution >= 4 is 52.4 Å².